The molecule has 2 N–H and O–H groups in total. The average molecular weight is 403 g/mol. The minimum atomic E-state index is -0.458. The van der Waals surface area contributed by atoms with E-state index in [9.17, 15) is 14.9 Å². The second kappa shape index (κ2) is 8.24. The number of carbonyl (C=O) groups is 1. The van der Waals surface area contributed by atoms with Crippen LogP contribution in [0.25, 0.3) is 0 Å². The van der Waals surface area contributed by atoms with Gasteiger partial charge in [-0.1, -0.05) is 42.5 Å². The fraction of sp³-hybridized carbons (Fsp3) is 0.174. The van der Waals surface area contributed by atoms with Gasteiger partial charge in [0.1, 0.15) is 11.4 Å². The lowest BCUT2D eigenvalue weighted by atomic mass is 9.95. The van der Waals surface area contributed by atoms with Crippen LogP contribution in [0.15, 0.2) is 66.7 Å². The second-order valence-corrected chi connectivity index (χ2v) is 7.05. The van der Waals surface area contributed by atoms with Gasteiger partial charge < -0.3 is 15.4 Å². The molecule has 7 heteroatoms. The molecular formula is C23H21N3O4. The van der Waals surface area contributed by atoms with E-state index in [1.807, 2.05) is 54.6 Å². The van der Waals surface area contributed by atoms with Gasteiger partial charge in [-0.15, -0.1) is 0 Å². The predicted octanol–water partition coefficient (Wildman–Crippen LogP) is 4.09. The maximum atomic E-state index is 12.1. The number of hydrogen-bond acceptors (Lipinski definition) is 5. The maximum absolute atomic E-state index is 12.1. The first-order chi connectivity index (χ1) is 14.6. The van der Waals surface area contributed by atoms with E-state index in [1.54, 1.807) is 13.2 Å². The topological polar surface area (TPSA) is 93.5 Å². The van der Waals surface area contributed by atoms with Crippen molar-refractivity contribution in [2.45, 2.75) is 12.5 Å². The number of nitro groups is 1. The lowest BCUT2D eigenvalue weighted by Crippen LogP contribution is -2.32. The van der Waals surface area contributed by atoms with E-state index < -0.39 is 4.92 Å². The summed E-state index contributed by atoms with van der Waals surface area (Å²) in [5.74, 6) is 0.456. The van der Waals surface area contributed by atoms with Gasteiger partial charge in [-0.3, -0.25) is 14.9 Å². The molecule has 0 saturated carbocycles. The van der Waals surface area contributed by atoms with Crippen molar-refractivity contribution in [1.82, 2.24) is 5.32 Å². The number of ether oxygens (including phenoxy) is 1. The van der Waals surface area contributed by atoms with Crippen LogP contribution in [0.2, 0.25) is 0 Å². The van der Waals surface area contributed by atoms with Gasteiger partial charge in [-0.2, -0.15) is 0 Å². The largest absolute Gasteiger partial charge is 0.497 e. The molecule has 0 aromatic heterocycles. The Kier molecular flexibility index (Phi) is 5.34. The van der Waals surface area contributed by atoms with E-state index in [-0.39, 0.29) is 17.6 Å². The molecule has 3 aromatic carbocycles. The van der Waals surface area contributed by atoms with Crippen molar-refractivity contribution in [1.29, 1.82) is 0 Å². The molecule has 4 rings (SSSR count). The summed E-state index contributed by atoms with van der Waals surface area (Å²) in [5.41, 5.74) is 3.32. The van der Waals surface area contributed by atoms with Crippen LogP contribution < -0.4 is 15.4 Å². The molecule has 0 saturated heterocycles. The number of benzene rings is 3. The molecule has 30 heavy (non-hydrogen) atoms. The highest BCUT2D eigenvalue weighted by atomic mass is 16.6. The Bertz CT molecular complexity index is 1080. The van der Waals surface area contributed by atoms with Crippen LogP contribution >= 0.6 is 0 Å². The quantitative estimate of drug-likeness (QED) is 0.478. The summed E-state index contributed by atoms with van der Waals surface area (Å²) >= 11 is 0. The Hall–Kier alpha value is -3.87. The third kappa shape index (κ3) is 3.82. The zero-order valence-corrected chi connectivity index (χ0v) is 16.4. The number of nitrogens with zero attached hydrogens (tertiary/aromatic N) is 1. The number of hydrogen-bond donors (Lipinski definition) is 2. The highest BCUT2D eigenvalue weighted by molar-refractivity contribution is 5.98. The number of anilines is 1. The van der Waals surface area contributed by atoms with Crippen molar-refractivity contribution in [3.63, 3.8) is 0 Å². The highest BCUT2D eigenvalue weighted by Gasteiger charge is 2.26. The molecule has 1 aliphatic rings. The fourth-order valence-corrected chi connectivity index (χ4v) is 3.68. The van der Waals surface area contributed by atoms with Crippen LogP contribution in [0, 0.1) is 10.1 Å². The number of carbonyl (C=O) groups excluding carboxylic acids is 1. The molecule has 0 spiro atoms. The Morgan fingerprint density at radius 1 is 1.07 bits per heavy atom. The lowest BCUT2D eigenvalue weighted by molar-refractivity contribution is -0.384. The molecule has 1 aliphatic heterocycles. The number of nitro benzene ring substituents is 1. The molecule has 7 nitrogen and oxygen atoms in total. The molecule has 1 atom stereocenters. The van der Waals surface area contributed by atoms with E-state index >= 15 is 0 Å². The third-order valence-corrected chi connectivity index (χ3v) is 5.22. The Labute approximate surface area is 173 Å². The van der Waals surface area contributed by atoms with E-state index in [0.29, 0.717) is 24.2 Å². The van der Waals surface area contributed by atoms with Crippen LogP contribution in [0.5, 0.6) is 5.75 Å². The number of nitrogens with one attached hydrogen (secondary N) is 2. The van der Waals surface area contributed by atoms with Gasteiger partial charge in [0.2, 0.25) is 0 Å². The van der Waals surface area contributed by atoms with Gasteiger partial charge in [-0.25, -0.2) is 0 Å². The molecule has 0 aliphatic carbocycles. The standard InChI is InChI=1S/C23H21N3O4/c1-30-18-9-7-16(8-10-18)22(15-5-3-2-4-6-15)25-20-13-17-11-12-24-23(27)19(17)14-21(20)26(28)29/h2-10,13-14,22,25H,11-12H2,1H3,(H,24,27). The van der Waals surface area contributed by atoms with E-state index in [4.69, 9.17) is 4.74 Å². The fourth-order valence-electron chi connectivity index (χ4n) is 3.68. The SMILES string of the molecule is COc1ccc(C(Nc2cc3c(cc2[N+](=O)[O-])C(=O)NCC3)c2ccccc2)cc1. The van der Waals surface area contributed by atoms with Crippen LogP contribution in [0.4, 0.5) is 11.4 Å². The lowest BCUT2D eigenvalue weighted by Gasteiger charge is -2.23. The third-order valence-electron chi connectivity index (χ3n) is 5.22. The summed E-state index contributed by atoms with van der Waals surface area (Å²) in [5, 5.41) is 17.9. The number of rotatable bonds is 6. The van der Waals surface area contributed by atoms with Gasteiger partial charge in [0.25, 0.3) is 11.6 Å². The van der Waals surface area contributed by atoms with Crippen LogP contribution in [0.3, 0.4) is 0 Å². The number of amides is 1. The van der Waals surface area contributed by atoms with Crippen molar-refractivity contribution in [2.75, 3.05) is 19.0 Å². The summed E-state index contributed by atoms with van der Waals surface area (Å²) in [6, 6.07) is 20.1. The van der Waals surface area contributed by atoms with Crippen molar-refractivity contribution >= 4 is 17.3 Å². The summed E-state index contributed by atoms with van der Waals surface area (Å²) < 4.78 is 5.25. The van der Waals surface area contributed by atoms with E-state index in [0.717, 1.165) is 22.4 Å². The van der Waals surface area contributed by atoms with Gasteiger partial charge >= 0.3 is 0 Å². The Morgan fingerprint density at radius 2 is 1.77 bits per heavy atom. The van der Waals surface area contributed by atoms with Gasteiger partial charge in [0, 0.05) is 18.2 Å². The first kappa shape index (κ1) is 19.4. The monoisotopic (exact) mass is 403 g/mol. The summed E-state index contributed by atoms with van der Waals surface area (Å²) in [4.78, 5) is 23.4. The van der Waals surface area contributed by atoms with Crippen molar-refractivity contribution in [3.05, 3.63) is 99.1 Å². The zero-order valence-electron chi connectivity index (χ0n) is 16.4. The normalized spacial score (nSPS) is 13.7. The number of fused-ring (bicyclic) bond motifs is 1. The highest BCUT2D eigenvalue weighted by Crippen LogP contribution is 2.35. The predicted molar refractivity (Wildman–Crippen MR) is 114 cm³/mol. The van der Waals surface area contributed by atoms with Crippen LogP contribution in [0.1, 0.15) is 33.1 Å². The van der Waals surface area contributed by atoms with Gasteiger partial charge in [-0.05, 0) is 41.3 Å². The molecule has 1 unspecified atom stereocenters. The minimum absolute atomic E-state index is 0.125. The van der Waals surface area contributed by atoms with Gasteiger partial charge in [0.05, 0.1) is 18.1 Å². The summed E-state index contributed by atoms with van der Waals surface area (Å²) in [6.07, 6.45) is 0.631. The molecule has 152 valence electrons. The zero-order chi connectivity index (χ0) is 21.1. The van der Waals surface area contributed by atoms with Crippen molar-refractivity contribution in [3.8, 4) is 5.75 Å². The molecular weight excluding hydrogens is 382 g/mol. The van der Waals surface area contributed by atoms with Crippen molar-refractivity contribution < 1.29 is 14.5 Å². The van der Waals surface area contributed by atoms with Crippen LogP contribution in [-0.4, -0.2) is 24.5 Å². The molecule has 0 radical (unpaired) electrons. The number of methoxy groups -OCH3 is 1. The van der Waals surface area contributed by atoms with Crippen LogP contribution in [-0.2, 0) is 6.42 Å². The second-order valence-electron chi connectivity index (χ2n) is 7.05. The van der Waals surface area contributed by atoms with Crippen molar-refractivity contribution in [2.24, 2.45) is 0 Å². The Balaban J connectivity index is 1.79. The molecule has 1 amide bonds. The molecule has 0 fully saturated rings. The maximum Gasteiger partial charge on any atom is 0.293 e. The first-order valence-electron chi connectivity index (χ1n) is 9.62. The van der Waals surface area contributed by atoms with Gasteiger partial charge in [0.15, 0.2) is 0 Å². The summed E-state index contributed by atoms with van der Waals surface area (Å²) in [7, 11) is 1.61. The minimum Gasteiger partial charge on any atom is -0.497 e. The van der Waals surface area contributed by atoms with E-state index in [2.05, 4.69) is 10.6 Å². The molecule has 3 aromatic rings. The molecule has 0 bridgehead atoms. The smallest absolute Gasteiger partial charge is 0.293 e. The van der Waals surface area contributed by atoms with E-state index in [1.165, 1.54) is 6.07 Å². The first-order valence-corrected chi connectivity index (χ1v) is 9.62. The Morgan fingerprint density at radius 3 is 2.43 bits per heavy atom. The molecule has 1 heterocycles. The average Bonchev–Trinajstić information content (AvgIpc) is 2.78. The summed E-state index contributed by atoms with van der Waals surface area (Å²) in [6.45, 7) is 0.518.